The number of amides is 1. The van der Waals surface area contributed by atoms with Crippen LogP contribution < -0.4 is 10.2 Å². The van der Waals surface area contributed by atoms with E-state index in [1.165, 1.54) is 12.7 Å². The molecule has 2 aromatic rings. The summed E-state index contributed by atoms with van der Waals surface area (Å²) >= 11 is 0. The fourth-order valence-electron chi connectivity index (χ4n) is 3.78. The standard InChI is InChI=1S/C25H33N3O3/c1-6-27-13-15-28(16-14-27)22-12-9-19(24(30)31-5)17-21(22)26-23(29)18-7-10-20(11-8-18)25(2,3)4/h7-12,17H,6,13-16H2,1-5H3,(H,26,29). The summed E-state index contributed by atoms with van der Waals surface area (Å²) in [5.41, 5.74) is 3.74. The Hall–Kier alpha value is -2.86. The normalized spacial score (nSPS) is 14.9. The van der Waals surface area contributed by atoms with Gasteiger partial charge in [-0.25, -0.2) is 4.79 Å². The van der Waals surface area contributed by atoms with Crippen molar-refractivity contribution in [2.75, 3.05) is 50.1 Å². The zero-order valence-corrected chi connectivity index (χ0v) is 19.2. The van der Waals surface area contributed by atoms with Crippen molar-refractivity contribution in [1.82, 2.24) is 4.90 Å². The topological polar surface area (TPSA) is 61.9 Å². The van der Waals surface area contributed by atoms with E-state index in [1.807, 2.05) is 30.3 Å². The number of esters is 1. The third-order valence-electron chi connectivity index (χ3n) is 5.84. The van der Waals surface area contributed by atoms with E-state index in [1.54, 1.807) is 12.1 Å². The van der Waals surface area contributed by atoms with Gasteiger partial charge in [0.2, 0.25) is 0 Å². The van der Waals surface area contributed by atoms with Crippen LogP contribution in [0.15, 0.2) is 42.5 Å². The largest absolute Gasteiger partial charge is 0.465 e. The highest BCUT2D eigenvalue weighted by molar-refractivity contribution is 6.06. The highest BCUT2D eigenvalue weighted by Gasteiger charge is 2.21. The first-order valence-electron chi connectivity index (χ1n) is 10.8. The predicted octanol–water partition coefficient (Wildman–Crippen LogP) is 4.16. The van der Waals surface area contributed by atoms with Gasteiger partial charge in [-0.15, -0.1) is 0 Å². The smallest absolute Gasteiger partial charge is 0.337 e. The van der Waals surface area contributed by atoms with Gasteiger partial charge in [0.05, 0.1) is 24.0 Å². The molecule has 1 heterocycles. The molecular weight excluding hydrogens is 390 g/mol. The molecule has 0 unspecified atom stereocenters. The number of hydrogen-bond donors (Lipinski definition) is 1. The van der Waals surface area contributed by atoms with Crippen LogP contribution in [0.4, 0.5) is 11.4 Å². The van der Waals surface area contributed by atoms with Gasteiger partial charge in [-0.1, -0.05) is 39.8 Å². The van der Waals surface area contributed by atoms with Gasteiger partial charge in [-0.2, -0.15) is 0 Å². The molecule has 3 rings (SSSR count). The van der Waals surface area contributed by atoms with Crippen LogP contribution in [-0.4, -0.2) is 56.6 Å². The number of carbonyl (C=O) groups excluding carboxylic acids is 2. The second-order valence-electron chi connectivity index (χ2n) is 8.93. The number of nitrogens with one attached hydrogen (secondary N) is 1. The van der Waals surface area contributed by atoms with Gasteiger partial charge in [0.1, 0.15) is 0 Å². The molecule has 0 aromatic heterocycles. The van der Waals surface area contributed by atoms with Crippen molar-refractivity contribution >= 4 is 23.3 Å². The molecule has 1 aliphatic heterocycles. The molecule has 0 spiro atoms. The first-order chi connectivity index (χ1) is 14.7. The second kappa shape index (κ2) is 9.52. The number of rotatable bonds is 5. The van der Waals surface area contributed by atoms with Gasteiger partial charge >= 0.3 is 5.97 Å². The van der Waals surface area contributed by atoms with Crippen molar-refractivity contribution in [1.29, 1.82) is 0 Å². The minimum Gasteiger partial charge on any atom is -0.465 e. The van der Waals surface area contributed by atoms with Crippen molar-refractivity contribution in [3.63, 3.8) is 0 Å². The molecule has 1 N–H and O–H groups in total. The number of ether oxygens (including phenoxy) is 1. The van der Waals surface area contributed by atoms with Crippen LogP contribution in [0.1, 0.15) is 54.0 Å². The maximum atomic E-state index is 13.0. The molecule has 166 valence electrons. The number of anilines is 2. The molecule has 6 heteroatoms. The molecule has 0 bridgehead atoms. The molecular formula is C25H33N3O3. The number of hydrogen-bond acceptors (Lipinski definition) is 5. The highest BCUT2D eigenvalue weighted by Crippen LogP contribution is 2.29. The van der Waals surface area contributed by atoms with Crippen LogP contribution in [0.25, 0.3) is 0 Å². The van der Waals surface area contributed by atoms with E-state index in [2.05, 4.69) is 42.8 Å². The molecule has 0 saturated carbocycles. The summed E-state index contributed by atoms with van der Waals surface area (Å²) in [6, 6.07) is 13.0. The van der Waals surface area contributed by atoms with Crippen molar-refractivity contribution in [2.45, 2.75) is 33.1 Å². The first kappa shape index (κ1) is 22.8. The number of methoxy groups -OCH3 is 1. The average molecular weight is 424 g/mol. The Bertz CT molecular complexity index is 924. The van der Waals surface area contributed by atoms with Crippen LogP contribution >= 0.6 is 0 Å². The van der Waals surface area contributed by atoms with Crippen molar-refractivity contribution in [3.05, 3.63) is 59.2 Å². The zero-order chi connectivity index (χ0) is 22.6. The summed E-state index contributed by atoms with van der Waals surface area (Å²) in [6.45, 7) is 13.3. The van der Waals surface area contributed by atoms with Crippen molar-refractivity contribution in [2.24, 2.45) is 0 Å². The molecule has 0 atom stereocenters. The fourth-order valence-corrected chi connectivity index (χ4v) is 3.78. The lowest BCUT2D eigenvalue weighted by Gasteiger charge is -2.36. The Labute approximate surface area is 185 Å². The fraction of sp³-hybridized carbons (Fsp3) is 0.440. The summed E-state index contributed by atoms with van der Waals surface area (Å²) in [7, 11) is 1.36. The lowest BCUT2D eigenvalue weighted by atomic mass is 9.87. The van der Waals surface area contributed by atoms with E-state index in [4.69, 9.17) is 4.74 Å². The quantitative estimate of drug-likeness (QED) is 0.732. The Balaban J connectivity index is 1.86. The van der Waals surface area contributed by atoms with Crippen LogP contribution in [0.2, 0.25) is 0 Å². The van der Waals surface area contributed by atoms with Crippen LogP contribution in [0, 0.1) is 0 Å². The van der Waals surface area contributed by atoms with Gasteiger partial charge in [-0.05, 0) is 47.9 Å². The third kappa shape index (κ3) is 5.44. The number of likely N-dealkylation sites (N-methyl/N-ethyl adjacent to an activating group) is 1. The second-order valence-corrected chi connectivity index (χ2v) is 8.93. The van der Waals surface area contributed by atoms with E-state index >= 15 is 0 Å². The first-order valence-corrected chi connectivity index (χ1v) is 10.8. The molecule has 1 aliphatic rings. The number of carbonyl (C=O) groups is 2. The van der Waals surface area contributed by atoms with Gasteiger partial charge in [-0.3, -0.25) is 4.79 Å². The summed E-state index contributed by atoms with van der Waals surface area (Å²) in [6.07, 6.45) is 0. The molecule has 1 saturated heterocycles. The molecule has 6 nitrogen and oxygen atoms in total. The van der Waals surface area contributed by atoms with E-state index in [0.29, 0.717) is 16.8 Å². The van der Waals surface area contributed by atoms with Gasteiger partial charge < -0.3 is 19.9 Å². The highest BCUT2D eigenvalue weighted by atomic mass is 16.5. The zero-order valence-electron chi connectivity index (χ0n) is 19.2. The number of piperazine rings is 1. The Kier molecular flexibility index (Phi) is 7.01. The van der Waals surface area contributed by atoms with E-state index < -0.39 is 5.97 Å². The maximum absolute atomic E-state index is 13.0. The number of nitrogens with zero attached hydrogens (tertiary/aromatic N) is 2. The Morgan fingerprint density at radius 3 is 2.13 bits per heavy atom. The van der Waals surface area contributed by atoms with Gasteiger partial charge in [0.15, 0.2) is 0 Å². The van der Waals surface area contributed by atoms with Crippen molar-refractivity contribution < 1.29 is 14.3 Å². The lowest BCUT2D eigenvalue weighted by molar-refractivity contribution is 0.0600. The van der Waals surface area contributed by atoms with Crippen LogP contribution in [0.5, 0.6) is 0 Å². The molecule has 1 fully saturated rings. The van der Waals surface area contributed by atoms with Crippen LogP contribution in [0.3, 0.4) is 0 Å². The summed E-state index contributed by atoms with van der Waals surface area (Å²) in [5, 5.41) is 3.02. The number of benzene rings is 2. The van der Waals surface area contributed by atoms with E-state index in [0.717, 1.165) is 38.4 Å². The molecule has 1 amide bonds. The predicted molar refractivity (Wildman–Crippen MR) is 125 cm³/mol. The summed E-state index contributed by atoms with van der Waals surface area (Å²) < 4.78 is 4.87. The molecule has 0 radical (unpaired) electrons. The maximum Gasteiger partial charge on any atom is 0.337 e. The average Bonchev–Trinajstić information content (AvgIpc) is 2.78. The summed E-state index contributed by atoms with van der Waals surface area (Å²) in [4.78, 5) is 29.7. The van der Waals surface area contributed by atoms with Crippen molar-refractivity contribution in [3.8, 4) is 0 Å². The molecule has 31 heavy (non-hydrogen) atoms. The van der Waals surface area contributed by atoms with E-state index in [9.17, 15) is 9.59 Å². The minimum absolute atomic E-state index is 0.0255. The monoisotopic (exact) mass is 423 g/mol. The van der Waals surface area contributed by atoms with E-state index in [-0.39, 0.29) is 11.3 Å². The molecule has 0 aliphatic carbocycles. The van der Waals surface area contributed by atoms with Crippen LogP contribution in [-0.2, 0) is 10.2 Å². The van der Waals surface area contributed by atoms with Gasteiger partial charge in [0, 0.05) is 31.7 Å². The lowest BCUT2D eigenvalue weighted by Crippen LogP contribution is -2.46. The Morgan fingerprint density at radius 1 is 0.968 bits per heavy atom. The summed E-state index contributed by atoms with van der Waals surface area (Å²) in [5.74, 6) is -0.622. The minimum atomic E-state index is -0.424. The van der Waals surface area contributed by atoms with Gasteiger partial charge in [0.25, 0.3) is 5.91 Å². The SMILES string of the molecule is CCN1CCN(c2ccc(C(=O)OC)cc2NC(=O)c2ccc(C(C)(C)C)cc2)CC1. The Morgan fingerprint density at radius 2 is 1.58 bits per heavy atom. The molecule has 2 aromatic carbocycles. The third-order valence-corrected chi connectivity index (χ3v) is 5.84.